The Kier molecular flexibility index (Phi) is 6.83. The van der Waals surface area contributed by atoms with Gasteiger partial charge in [0.25, 0.3) is 5.91 Å². The third kappa shape index (κ3) is 4.18. The normalized spacial score (nSPS) is 33.9. The van der Waals surface area contributed by atoms with Gasteiger partial charge in [-0.05, 0) is 49.0 Å². The topological polar surface area (TPSA) is 177 Å². The average molecular weight is 573 g/mol. The molecular formula is C30H40N2O9. The highest BCUT2D eigenvalue weighted by atomic mass is 16.6. The SMILES string of the molecule is CC(=O)OC1C[C@@]2(C)C(CC[C@@H](C)C23Cc2c(O)cc4c(c2O3)CN([C@@H](CCC(N)=O)C(=O)O)C4=O)C(C)(C)[C@@H]1O. The molecule has 1 aromatic rings. The van der Waals surface area contributed by atoms with Crippen LogP contribution in [0, 0.1) is 22.7 Å². The first-order chi connectivity index (χ1) is 19.0. The van der Waals surface area contributed by atoms with E-state index in [4.69, 9.17) is 15.2 Å². The predicted octanol–water partition coefficient (Wildman–Crippen LogP) is 2.52. The quantitative estimate of drug-likeness (QED) is 0.373. The van der Waals surface area contributed by atoms with Crippen molar-refractivity contribution in [3.8, 4) is 11.5 Å². The molecule has 1 spiro atoms. The lowest BCUT2D eigenvalue weighted by atomic mass is 9.43. The summed E-state index contributed by atoms with van der Waals surface area (Å²) >= 11 is 0. The molecule has 5 rings (SSSR count). The van der Waals surface area contributed by atoms with E-state index in [0.29, 0.717) is 29.7 Å². The number of aliphatic hydroxyl groups is 1. The first-order valence-electron chi connectivity index (χ1n) is 14.3. The monoisotopic (exact) mass is 572 g/mol. The number of aliphatic carboxylic acids is 1. The molecule has 2 saturated carbocycles. The number of aliphatic hydroxyl groups excluding tert-OH is 1. The number of carboxylic acid groups (broad SMARTS) is 1. The van der Waals surface area contributed by atoms with Crippen LogP contribution in [-0.4, -0.2) is 67.8 Å². The van der Waals surface area contributed by atoms with E-state index in [1.54, 1.807) is 0 Å². The molecule has 0 aromatic heterocycles. The molecule has 11 heteroatoms. The van der Waals surface area contributed by atoms with E-state index >= 15 is 0 Å². The molecule has 0 bridgehead atoms. The smallest absolute Gasteiger partial charge is 0.326 e. The van der Waals surface area contributed by atoms with E-state index in [9.17, 15) is 34.5 Å². The van der Waals surface area contributed by atoms with Gasteiger partial charge in [0, 0.05) is 36.3 Å². The molecule has 2 aliphatic heterocycles. The summed E-state index contributed by atoms with van der Waals surface area (Å²) in [5.41, 5.74) is 4.45. The summed E-state index contributed by atoms with van der Waals surface area (Å²) in [5, 5.41) is 32.3. The van der Waals surface area contributed by atoms with Crippen LogP contribution in [0.1, 0.15) is 88.2 Å². The fraction of sp³-hybridized carbons (Fsp3) is 0.667. The maximum Gasteiger partial charge on any atom is 0.326 e. The molecule has 7 atom stereocenters. The molecule has 3 unspecified atom stereocenters. The highest BCUT2D eigenvalue weighted by Crippen LogP contribution is 2.67. The van der Waals surface area contributed by atoms with Crippen molar-refractivity contribution in [3.05, 3.63) is 22.8 Å². The number of ether oxygens (including phenoxy) is 2. The van der Waals surface area contributed by atoms with Crippen molar-refractivity contribution in [2.24, 2.45) is 28.4 Å². The predicted molar refractivity (Wildman–Crippen MR) is 145 cm³/mol. The fourth-order valence-electron chi connectivity index (χ4n) is 8.66. The number of carbonyl (C=O) groups excluding carboxylic acids is 3. The summed E-state index contributed by atoms with van der Waals surface area (Å²) in [6.07, 6.45) is 0.441. The second-order valence-corrected chi connectivity index (χ2v) is 13.3. The molecule has 11 nitrogen and oxygen atoms in total. The maximum absolute atomic E-state index is 13.4. The van der Waals surface area contributed by atoms with E-state index in [1.807, 2.05) is 13.8 Å². The lowest BCUT2D eigenvalue weighted by Gasteiger charge is -2.65. The van der Waals surface area contributed by atoms with Gasteiger partial charge >= 0.3 is 11.9 Å². The standard InChI is InChI=1S/C30H40N2O9/c1-14-6-8-22-28(3,4)25(36)21(40-15(2)33)12-29(22,5)30(14)11-17-20(34)10-16-18(24(17)41-30)13-32(26(16)37)19(27(38)39)7-9-23(31)35/h10,14,19,21-22,25,34,36H,6-9,11-13H2,1-5H3,(H2,31,35)(H,38,39)/t14-,19+,21?,22?,25-,29+,30?/m1/s1. The number of nitrogens with two attached hydrogens (primary N) is 1. The molecular weight excluding hydrogens is 532 g/mol. The van der Waals surface area contributed by atoms with Gasteiger partial charge in [-0.3, -0.25) is 14.4 Å². The first kappa shape index (κ1) is 29.2. The number of carboxylic acids is 1. The number of phenols is 1. The Labute approximate surface area is 239 Å². The Hall–Kier alpha value is -3.34. The van der Waals surface area contributed by atoms with Crippen molar-refractivity contribution < 1.29 is 44.0 Å². The van der Waals surface area contributed by atoms with Crippen molar-refractivity contribution in [1.82, 2.24) is 4.90 Å². The molecule has 4 aliphatic rings. The molecule has 2 aliphatic carbocycles. The minimum atomic E-state index is -1.27. The zero-order valence-corrected chi connectivity index (χ0v) is 24.2. The number of carbonyl (C=O) groups is 4. The van der Waals surface area contributed by atoms with Gasteiger partial charge in [0.1, 0.15) is 29.2 Å². The third-order valence-corrected chi connectivity index (χ3v) is 10.7. The number of fused-ring (bicyclic) bond motifs is 5. The Bertz CT molecular complexity index is 1330. The van der Waals surface area contributed by atoms with E-state index in [2.05, 4.69) is 13.8 Å². The maximum atomic E-state index is 13.4. The van der Waals surface area contributed by atoms with Crippen molar-refractivity contribution in [2.75, 3.05) is 0 Å². The van der Waals surface area contributed by atoms with Gasteiger partial charge in [0.15, 0.2) is 0 Å². The summed E-state index contributed by atoms with van der Waals surface area (Å²) in [6.45, 7) is 9.48. The van der Waals surface area contributed by atoms with E-state index in [0.717, 1.165) is 12.8 Å². The Morgan fingerprint density at radius 1 is 1.22 bits per heavy atom. The lowest BCUT2D eigenvalue weighted by Crippen LogP contribution is -2.69. The molecule has 224 valence electrons. The molecule has 1 aromatic carbocycles. The van der Waals surface area contributed by atoms with Gasteiger partial charge in [-0.1, -0.05) is 27.7 Å². The van der Waals surface area contributed by atoms with Crippen LogP contribution in [0.4, 0.5) is 0 Å². The number of aromatic hydroxyl groups is 1. The highest BCUT2D eigenvalue weighted by Gasteiger charge is 2.69. The highest BCUT2D eigenvalue weighted by molar-refractivity contribution is 6.02. The number of rotatable bonds is 6. The Morgan fingerprint density at radius 3 is 2.51 bits per heavy atom. The van der Waals surface area contributed by atoms with Gasteiger partial charge in [0.05, 0.1) is 18.2 Å². The summed E-state index contributed by atoms with van der Waals surface area (Å²) in [5.74, 6) is -2.63. The van der Waals surface area contributed by atoms with Crippen molar-refractivity contribution in [2.45, 2.75) is 104 Å². The van der Waals surface area contributed by atoms with Crippen LogP contribution in [0.2, 0.25) is 0 Å². The van der Waals surface area contributed by atoms with E-state index in [-0.39, 0.29) is 42.5 Å². The summed E-state index contributed by atoms with van der Waals surface area (Å²) < 4.78 is 12.6. The van der Waals surface area contributed by atoms with Gasteiger partial charge in [-0.15, -0.1) is 0 Å². The zero-order chi connectivity index (χ0) is 30.2. The van der Waals surface area contributed by atoms with Crippen molar-refractivity contribution in [1.29, 1.82) is 0 Å². The van der Waals surface area contributed by atoms with Crippen LogP contribution >= 0.6 is 0 Å². The number of esters is 1. The number of phenolic OH excluding ortho intramolecular Hbond substituents is 1. The van der Waals surface area contributed by atoms with Crippen molar-refractivity contribution >= 4 is 23.8 Å². The van der Waals surface area contributed by atoms with Crippen LogP contribution in [0.3, 0.4) is 0 Å². The molecule has 5 N–H and O–H groups in total. The van der Waals surface area contributed by atoms with Crippen LogP contribution < -0.4 is 10.5 Å². The number of nitrogens with zero attached hydrogens (tertiary/aromatic N) is 1. The molecule has 2 heterocycles. The van der Waals surface area contributed by atoms with Gasteiger partial charge in [-0.2, -0.15) is 0 Å². The van der Waals surface area contributed by atoms with Gasteiger partial charge < -0.3 is 35.4 Å². The fourth-order valence-corrected chi connectivity index (χ4v) is 8.66. The summed E-state index contributed by atoms with van der Waals surface area (Å²) in [6, 6.07) is 0.117. The first-order valence-corrected chi connectivity index (χ1v) is 14.3. The largest absolute Gasteiger partial charge is 0.508 e. The van der Waals surface area contributed by atoms with Crippen LogP contribution in [-0.2, 0) is 32.1 Å². The molecule has 0 saturated heterocycles. The van der Waals surface area contributed by atoms with E-state index < -0.39 is 58.4 Å². The Morgan fingerprint density at radius 2 is 1.90 bits per heavy atom. The van der Waals surface area contributed by atoms with Crippen LogP contribution in [0.5, 0.6) is 11.5 Å². The average Bonchev–Trinajstić information content (AvgIpc) is 3.42. The number of amides is 2. The third-order valence-electron chi connectivity index (χ3n) is 10.7. The van der Waals surface area contributed by atoms with Crippen LogP contribution in [0.25, 0.3) is 0 Å². The molecule has 41 heavy (non-hydrogen) atoms. The molecule has 0 radical (unpaired) electrons. The number of benzene rings is 1. The summed E-state index contributed by atoms with van der Waals surface area (Å²) in [4.78, 5) is 50.1. The van der Waals surface area contributed by atoms with Crippen molar-refractivity contribution in [3.63, 3.8) is 0 Å². The summed E-state index contributed by atoms with van der Waals surface area (Å²) in [7, 11) is 0. The van der Waals surface area contributed by atoms with Gasteiger partial charge in [-0.25, -0.2) is 4.79 Å². The second kappa shape index (κ2) is 9.61. The molecule has 2 amide bonds. The van der Waals surface area contributed by atoms with Gasteiger partial charge in [0.2, 0.25) is 5.91 Å². The zero-order valence-electron chi connectivity index (χ0n) is 24.2. The van der Waals surface area contributed by atoms with E-state index in [1.165, 1.54) is 17.9 Å². The minimum absolute atomic E-state index is 0.000771. The minimum Gasteiger partial charge on any atom is -0.508 e. The Balaban J connectivity index is 1.57. The van der Waals surface area contributed by atoms with Crippen LogP contribution in [0.15, 0.2) is 6.07 Å². The number of primary amides is 1. The molecule has 2 fully saturated rings. The second-order valence-electron chi connectivity index (χ2n) is 13.3. The number of hydrogen-bond donors (Lipinski definition) is 4. The lowest BCUT2D eigenvalue weighted by molar-refractivity contribution is -0.245. The number of hydrogen-bond acceptors (Lipinski definition) is 8.